The third-order valence-electron chi connectivity index (χ3n) is 3.91. The van der Waals surface area contributed by atoms with Crippen molar-refractivity contribution in [1.29, 1.82) is 0 Å². The number of halogens is 2. The summed E-state index contributed by atoms with van der Waals surface area (Å²) < 4.78 is 31.2. The van der Waals surface area contributed by atoms with Crippen molar-refractivity contribution in [2.24, 2.45) is 4.99 Å². The minimum Gasteiger partial charge on any atom is -0.493 e. The van der Waals surface area contributed by atoms with Crippen molar-refractivity contribution in [3.63, 3.8) is 0 Å². The molecule has 0 fully saturated rings. The van der Waals surface area contributed by atoms with Crippen LogP contribution in [0.15, 0.2) is 35.5 Å². The number of alkyl halides is 2. The van der Waals surface area contributed by atoms with Gasteiger partial charge in [0.1, 0.15) is 12.1 Å². The number of anilines is 1. The van der Waals surface area contributed by atoms with Crippen molar-refractivity contribution in [3.05, 3.63) is 47.3 Å². The quantitative estimate of drug-likeness (QED) is 0.706. The molecule has 1 aliphatic rings. The number of aryl methyl sites for hydroxylation is 3. The zero-order valence-corrected chi connectivity index (χ0v) is 14.6. The molecule has 1 aromatic carbocycles. The van der Waals surface area contributed by atoms with Gasteiger partial charge in [-0.25, -0.2) is 23.7 Å². The molecular formula is C18H20F2N4O2. The molecule has 0 amide bonds. The van der Waals surface area contributed by atoms with E-state index < -0.39 is 12.7 Å². The lowest BCUT2D eigenvalue weighted by Crippen LogP contribution is -2.24. The van der Waals surface area contributed by atoms with Crippen molar-refractivity contribution < 1.29 is 18.4 Å². The highest BCUT2D eigenvalue weighted by Crippen LogP contribution is 2.31. The highest BCUT2D eigenvalue weighted by molar-refractivity contribution is 5.79. The maximum absolute atomic E-state index is 12.7. The van der Waals surface area contributed by atoms with Crippen LogP contribution in [-0.2, 0) is 11.3 Å². The summed E-state index contributed by atoms with van der Waals surface area (Å²) in [6, 6.07) is 7.44. The highest BCUT2D eigenvalue weighted by atomic mass is 19.3. The molecule has 138 valence electrons. The van der Waals surface area contributed by atoms with Crippen LogP contribution in [0.1, 0.15) is 23.2 Å². The van der Waals surface area contributed by atoms with Crippen LogP contribution in [0, 0.1) is 13.8 Å². The van der Waals surface area contributed by atoms with Gasteiger partial charge in [0, 0.05) is 6.20 Å². The number of hydrogen-bond donors (Lipinski definition) is 0. The van der Waals surface area contributed by atoms with Gasteiger partial charge in [-0.3, -0.25) is 0 Å². The Morgan fingerprint density at radius 3 is 2.65 bits per heavy atom. The summed E-state index contributed by atoms with van der Waals surface area (Å²) >= 11 is 0. The Hall–Kier alpha value is -2.61. The van der Waals surface area contributed by atoms with Crippen LogP contribution in [-0.4, -0.2) is 35.8 Å². The monoisotopic (exact) mass is 362 g/mol. The molecule has 3 rings (SSSR count). The van der Waals surface area contributed by atoms with E-state index in [1.54, 1.807) is 6.20 Å². The molecule has 2 aromatic rings. The van der Waals surface area contributed by atoms with Gasteiger partial charge in [-0.05, 0) is 62.1 Å². The molecule has 0 saturated carbocycles. The smallest absolute Gasteiger partial charge is 0.286 e. The van der Waals surface area contributed by atoms with Gasteiger partial charge in [0.05, 0.1) is 18.0 Å². The van der Waals surface area contributed by atoms with Gasteiger partial charge in [0.2, 0.25) is 6.23 Å². The average Bonchev–Trinajstić information content (AvgIpc) is 3.11. The van der Waals surface area contributed by atoms with Gasteiger partial charge in [-0.15, -0.1) is 0 Å². The van der Waals surface area contributed by atoms with Crippen LogP contribution in [0.4, 0.5) is 14.5 Å². The number of rotatable bonds is 7. The third kappa shape index (κ3) is 4.32. The molecule has 1 unspecified atom stereocenters. The van der Waals surface area contributed by atoms with Crippen molar-refractivity contribution in [2.45, 2.75) is 39.3 Å². The first-order chi connectivity index (χ1) is 12.5. The lowest BCUT2D eigenvalue weighted by molar-refractivity contribution is -0.0346. The minimum absolute atomic E-state index is 0.548. The molecule has 0 saturated heterocycles. The Bertz CT molecular complexity index is 748. The lowest BCUT2D eigenvalue weighted by atomic mass is 10.1. The van der Waals surface area contributed by atoms with Gasteiger partial charge in [-0.2, -0.15) is 10.2 Å². The first-order valence-corrected chi connectivity index (χ1v) is 8.32. The molecule has 0 N–H and O–H groups in total. The second-order valence-corrected chi connectivity index (χ2v) is 6.00. The standard InChI is InChI=1S/C18H20F2N4O2/c1-12-9-15(24-11-21-18(26-24)17(19)20)10-13(2)16(12)25-8-4-6-14-5-3-7-22-23-14/h3,5,7,9-11,17-18H,4,6,8H2,1-2H3. The second-order valence-electron chi connectivity index (χ2n) is 6.00. The number of nitrogens with zero attached hydrogens (tertiary/aromatic N) is 4. The summed E-state index contributed by atoms with van der Waals surface area (Å²) in [5, 5.41) is 9.15. The van der Waals surface area contributed by atoms with Gasteiger partial charge in [-0.1, -0.05) is 0 Å². The van der Waals surface area contributed by atoms with Gasteiger partial charge < -0.3 is 4.74 Å². The number of aromatic nitrogens is 2. The summed E-state index contributed by atoms with van der Waals surface area (Å²) in [5.74, 6) is 0.787. The van der Waals surface area contributed by atoms with Crippen LogP contribution < -0.4 is 9.80 Å². The molecule has 8 heteroatoms. The van der Waals surface area contributed by atoms with Crippen LogP contribution in [0.5, 0.6) is 5.75 Å². The van der Waals surface area contributed by atoms with Gasteiger partial charge in [0.25, 0.3) is 6.43 Å². The molecule has 0 radical (unpaired) electrons. The molecular weight excluding hydrogens is 342 g/mol. The van der Waals surface area contributed by atoms with E-state index in [-0.39, 0.29) is 0 Å². The van der Waals surface area contributed by atoms with Crippen LogP contribution in [0.3, 0.4) is 0 Å². The normalized spacial score (nSPS) is 16.5. The average molecular weight is 362 g/mol. The number of benzene rings is 1. The maximum atomic E-state index is 12.7. The van der Waals surface area contributed by atoms with E-state index in [0.29, 0.717) is 12.3 Å². The van der Waals surface area contributed by atoms with E-state index in [4.69, 9.17) is 9.57 Å². The van der Waals surface area contributed by atoms with Crippen LogP contribution in [0.25, 0.3) is 0 Å². The second kappa shape index (κ2) is 8.18. The van der Waals surface area contributed by atoms with Gasteiger partial charge in [0.15, 0.2) is 0 Å². The summed E-state index contributed by atoms with van der Waals surface area (Å²) in [4.78, 5) is 8.76. The summed E-state index contributed by atoms with van der Waals surface area (Å²) in [6.45, 7) is 4.37. The van der Waals surface area contributed by atoms with E-state index in [1.807, 2.05) is 38.1 Å². The zero-order valence-electron chi connectivity index (χ0n) is 14.6. The molecule has 0 bridgehead atoms. The Morgan fingerprint density at radius 1 is 1.27 bits per heavy atom. The minimum atomic E-state index is -2.66. The molecule has 6 nitrogen and oxygen atoms in total. The van der Waals surface area contributed by atoms with Gasteiger partial charge >= 0.3 is 0 Å². The zero-order chi connectivity index (χ0) is 18.5. The topological polar surface area (TPSA) is 59.8 Å². The predicted octanol–water partition coefficient (Wildman–Crippen LogP) is 3.48. The molecule has 1 aromatic heterocycles. The van der Waals surface area contributed by atoms with E-state index in [0.717, 1.165) is 35.4 Å². The van der Waals surface area contributed by atoms with Crippen molar-refractivity contribution in [2.75, 3.05) is 11.7 Å². The third-order valence-corrected chi connectivity index (χ3v) is 3.91. The summed E-state index contributed by atoms with van der Waals surface area (Å²) in [7, 11) is 0. The Balaban J connectivity index is 1.58. The molecule has 0 spiro atoms. The highest BCUT2D eigenvalue weighted by Gasteiger charge is 2.28. The first-order valence-electron chi connectivity index (χ1n) is 8.32. The van der Waals surface area contributed by atoms with Crippen molar-refractivity contribution in [3.8, 4) is 5.75 Å². The van der Waals surface area contributed by atoms with E-state index in [2.05, 4.69) is 15.2 Å². The fourth-order valence-electron chi connectivity index (χ4n) is 2.71. The number of hydrogen-bond acceptors (Lipinski definition) is 6. The molecule has 1 aliphatic heterocycles. The number of hydroxylamine groups is 1. The first kappa shape index (κ1) is 18.2. The van der Waals surface area contributed by atoms with Crippen LogP contribution in [0.2, 0.25) is 0 Å². The summed E-state index contributed by atoms with van der Waals surface area (Å²) in [6.07, 6.45) is 0.413. The predicted molar refractivity (Wildman–Crippen MR) is 93.6 cm³/mol. The van der Waals surface area contributed by atoms with Crippen molar-refractivity contribution in [1.82, 2.24) is 10.2 Å². The number of aliphatic imine (C=N–C) groups is 1. The fraction of sp³-hybridized carbons (Fsp3) is 0.389. The van der Waals surface area contributed by atoms with Crippen molar-refractivity contribution >= 4 is 12.0 Å². The lowest BCUT2D eigenvalue weighted by Gasteiger charge is -2.19. The number of ether oxygens (including phenoxy) is 1. The van der Waals surface area contributed by atoms with E-state index >= 15 is 0 Å². The fourth-order valence-corrected chi connectivity index (χ4v) is 2.71. The molecule has 26 heavy (non-hydrogen) atoms. The molecule has 1 atom stereocenters. The molecule has 2 heterocycles. The van der Waals surface area contributed by atoms with E-state index in [1.165, 1.54) is 11.4 Å². The van der Waals surface area contributed by atoms with E-state index in [9.17, 15) is 8.78 Å². The maximum Gasteiger partial charge on any atom is 0.286 e. The Kier molecular flexibility index (Phi) is 5.72. The Morgan fingerprint density at radius 2 is 2.04 bits per heavy atom. The SMILES string of the molecule is Cc1cc(N2C=NC(C(F)F)O2)cc(C)c1OCCCc1cccnn1. The summed E-state index contributed by atoms with van der Waals surface area (Å²) in [5.41, 5.74) is 3.37. The largest absolute Gasteiger partial charge is 0.493 e. The molecule has 0 aliphatic carbocycles. The Labute approximate surface area is 150 Å². The van der Waals surface area contributed by atoms with Crippen LogP contribution >= 0.6 is 0 Å².